The standard InChI is InChI=1S/C26H25FN2O4S/c1-29-24(15-9-11-16(34-4)12-10-15)23(25(30)28-20-8-6-5-7-19(20)27)17-13-21(32-2)22(33-3)14-18(17)26(29)31/h5-14,23-24H,1-4H3,(H,28,30)/t23-,24-/m0/s1. The molecule has 1 N–H and O–H groups in total. The van der Waals surface area contributed by atoms with Crippen LogP contribution < -0.4 is 14.8 Å². The summed E-state index contributed by atoms with van der Waals surface area (Å²) >= 11 is 1.60. The first-order valence-electron chi connectivity index (χ1n) is 10.6. The molecule has 0 saturated heterocycles. The molecule has 2 amide bonds. The molecule has 0 unspecified atom stereocenters. The zero-order valence-electron chi connectivity index (χ0n) is 19.3. The van der Waals surface area contributed by atoms with Gasteiger partial charge in [0, 0.05) is 17.5 Å². The Hall–Kier alpha value is -3.52. The van der Waals surface area contributed by atoms with Gasteiger partial charge in [-0.1, -0.05) is 24.3 Å². The van der Waals surface area contributed by atoms with Crippen LogP contribution in [0.3, 0.4) is 0 Å². The molecule has 0 radical (unpaired) electrons. The number of anilines is 1. The largest absolute Gasteiger partial charge is 0.493 e. The quantitative estimate of drug-likeness (QED) is 0.497. The summed E-state index contributed by atoms with van der Waals surface area (Å²) in [6, 6.07) is 16.4. The molecule has 0 fully saturated rings. The zero-order chi connectivity index (χ0) is 24.4. The molecule has 8 heteroatoms. The molecule has 2 atom stereocenters. The molecule has 4 rings (SSSR count). The van der Waals surface area contributed by atoms with Gasteiger partial charge < -0.3 is 19.7 Å². The van der Waals surface area contributed by atoms with Gasteiger partial charge >= 0.3 is 0 Å². The van der Waals surface area contributed by atoms with Crippen LogP contribution in [0, 0.1) is 5.82 Å². The van der Waals surface area contributed by atoms with E-state index in [0.29, 0.717) is 22.6 Å². The fourth-order valence-electron chi connectivity index (χ4n) is 4.32. The van der Waals surface area contributed by atoms with Crippen LogP contribution in [-0.4, -0.2) is 44.2 Å². The second kappa shape index (κ2) is 9.77. The number of ether oxygens (including phenoxy) is 2. The number of carbonyl (C=O) groups excluding carboxylic acids is 2. The summed E-state index contributed by atoms with van der Waals surface area (Å²) in [5, 5.41) is 2.72. The molecule has 1 aliphatic rings. The van der Waals surface area contributed by atoms with Crippen molar-refractivity contribution in [1.82, 2.24) is 4.90 Å². The van der Waals surface area contributed by atoms with Gasteiger partial charge in [0.1, 0.15) is 5.82 Å². The summed E-state index contributed by atoms with van der Waals surface area (Å²) in [6.45, 7) is 0. The number of para-hydroxylation sites is 1. The third-order valence-electron chi connectivity index (χ3n) is 6.05. The average molecular weight is 481 g/mol. The summed E-state index contributed by atoms with van der Waals surface area (Å²) in [4.78, 5) is 29.7. The van der Waals surface area contributed by atoms with E-state index in [4.69, 9.17) is 9.47 Å². The van der Waals surface area contributed by atoms with E-state index in [2.05, 4.69) is 5.32 Å². The molecule has 0 bridgehead atoms. The molecule has 34 heavy (non-hydrogen) atoms. The lowest BCUT2D eigenvalue weighted by atomic mass is 9.79. The summed E-state index contributed by atoms with van der Waals surface area (Å²) in [7, 11) is 4.65. The fraction of sp³-hybridized carbons (Fsp3) is 0.231. The summed E-state index contributed by atoms with van der Waals surface area (Å²) in [5.74, 6) is -1.25. The molecule has 1 aliphatic heterocycles. The molecule has 0 aliphatic carbocycles. The van der Waals surface area contributed by atoms with Crippen molar-refractivity contribution in [2.24, 2.45) is 0 Å². The van der Waals surface area contributed by atoms with Crippen LogP contribution in [0.2, 0.25) is 0 Å². The molecular formula is C26H25FN2O4S. The number of nitrogens with one attached hydrogen (secondary N) is 1. The molecule has 0 spiro atoms. The van der Waals surface area contributed by atoms with Gasteiger partial charge in [-0.25, -0.2) is 4.39 Å². The molecule has 176 valence electrons. The number of halogens is 1. The van der Waals surface area contributed by atoms with Crippen molar-refractivity contribution in [1.29, 1.82) is 0 Å². The van der Waals surface area contributed by atoms with Crippen molar-refractivity contribution in [2.75, 3.05) is 32.8 Å². The number of hydrogen-bond acceptors (Lipinski definition) is 5. The maximum Gasteiger partial charge on any atom is 0.254 e. The average Bonchev–Trinajstić information content (AvgIpc) is 2.86. The first-order valence-corrected chi connectivity index (χ1v) is 11.8. The maximum absolute atomic E-state index is 14.4. The van der Waals surface area contributed by atoms with E-state index < -0.39 is 23.7 Å². The number of nitrogens with zero attached hydrogens (tertiary/aromatic N) is 1. The SMILES string of the molecule is COc1cc2c(cc1OC)[C@H](C(=O)Nc1ccccc1F)[C@H](c1ccc(SC)cc1)N(C)C2=O. The number of rotatable bonds is 6. The highest BCUT2D eigenvalue weighted by atomic mass is 32.2. The van der Waals surface area contributed by atoms with E-state index in [-0.39, 0.29) is 11.6 Å². The molecule has 0 aromatic heterocycles. The molecule has 6 nitrogen and oxygen atoms in total. The molecule has 0 saturated carbocycles. The van der Waals surface area contributed by atoms with Gasteiger partial charge in [0.05, 0.1) is 31.9 Å². The van der Waals surface area contributed by atoms with Crippen LogP contribution >= 0.6 is 11.8 Å². The summed E-state index contributed by atoms with van der Waals surface area (Å²) in [6.07, 6.45) is 1.98. The van der Waals surface area contributed by atoms with Crippen LogP contribution in [0.15, 0.2) is 65.6 Å². The fourth-order valence-corrected chi connectivity index (χ4v) is 4.73. The minimum Gasteiger partial charge on any atom is -0.493 e. The number of likely N-dealkylation sites (N-methyl/N-ethyl adjacent to an activating group) is 1. The maximum atomic E-state index is 14.4. The van der Waals surface area contributed by atoms with Gasteiger partial charge in [0.15, 0.2) is 11.5 Å². The van der Waals surface area contributed by atoms with E-state index in [1.54, 1.807) is 48.0 Å². The van der Waals surface area contributed by atoms with Crippen molar-refractivity contribution >= 4 is 29.3 Å². The number of methoxy groups -OCH3 is 2. The topological polar surface area (TPSA) is 67.9 Å². The third kappa shape index (κ3) is 4.21. The van der Waals surface area contributed by atoms with E-state index in [9.17, 15) is 14.0 Å². The lowest BCUT2D eigenvalue weighted by Crippen LogP contribution is -2.44. The Kier molecular flexibility index (Phi) is 6.79. The lowest BCUT2D eigenvalue weighted by Gasteiger charge is -2.40. The number of amides is 2. The lowest BCUT2D eigenvalue weighted by molar-refractivity contribution is -0.119. The number of carbonyl (C=O) groups is 2. The third-order valence-corrected chi connectivity index (χ3v) is 6.79. The summed E-state index contributed by atoms with van der Waals surface area (Å²) in [5.41, 5.74) is 1.70. The van der Waals surface area contributed by atoms with Gasteiger partial charge in [0.2, 0.25) is 5.91 Å². The minimum absolute atomic E-state index is 0.0746. The number of thioether (sulfide) groups is 1. The zero-order valence-corrected chi connectivity index (χ0v) is 20.1. The summed E-state index contributed by atoms with van der Waals surface area (Å²) < 4.78 is 25.2. The van der Waals surface area contributed by atoms with Crippen molar-refractivity contribution in [3.63, 3.8) is 0 Å². The van der Waals surface area contributed by atoms with Crippen LogP contribution in [0.4, 0.5) is 10.1 Å². The highest BCUT2D eigenvalue weighted by Crippen LogP contribution is 2.46. The van der Waals surface area contributed by atoms with E-state index in [1.807, 2.05) is 30.5 Å². The number of fused-ring (bicyclic) bond motifs is 1. The normalized spacial score (nSPS) is 17.2. The Balaban J connectivity index is 1.88. The van der Waals surface area contributed by atoms with Gasteiger partial charge in [-0.05, 0) is 53.8 Å². The predicted molar refractivity (Wildman–Crippen MR) is 130 cm³/mol. The van der Waals surface area contributed by atoms with Crippen molar-refractivity contribution in [3.05, 3.63) is 83.2 Å². The Bertz CT molecular complexity index is 1230. The van der Waals surface area contributed by atoms with E-state index in [1.165, 1.54) is 26.4 Å². The van der Waals surface area contributed by atoms with Gasteiger partial charge in [-0.2, -0.15) is 0 Å². The Labute approximate surface area is 202 Å². The number of benzene rings is 3. The van der Waals surface area contributed by atoms with Crippen LogP contribution in [-0.2, 0) is 4.79 Å². The molecule has 1 heterocycles. The van der Waals surface area contributed by atoms with E-state index in [0.717, 1.165) is 10.5 Å². The first kappa shape index (κ1) is 23.6. The highest BCUT2D eigenvalue weighted by molar-refractivity contribution is 7.98. The van der Waals surface area contributed by atoms with Crippen LogP contribution in [0.1, 0.15) is 33.4 Å². The second-order valence-corrected chi connectivity index (χ2v) is 8.75. The minimum atomic E-state index is -0.822. The van der Waals surface area contributed by atoms with Crippen molar-refractivity contribution < 1.29 is 23.5 Å². The molecule has 3 aromatic rings. The Morgan fingerprint density at radius 2 is 1.68 bits per heavy atom. The highest BCUT2D eigenvalue weighted by Gasteiger charge is 2.43. The van der Waals surface area contributed by atoms with Crippen molar-refractivity contribution in [3.8, 4) is 11.5 Å². The molecule has 3 aromatic carbocycles. The monoisotopic (exact) mass is 480 g/mol. The predicted octanol–water partition coefficient (Wildman–Crippen LogP) is 5.11. The van der Waals surface area contributed by atoms with Crippen LogP contribution in [0.5, 0.6) is 11.5 Å². The molecular weight excluding hydrogens is 455 g/mol. The van der Waals surface area contributed by atoms with Gasteiger partial charge in [-0.15, -0.1) is 11.8 Å². The van der Waals surface area contributed by atoms with E-state index >= 15 is 0 Å². The van der Waals surface area contributed by atoms with Crippen molar-refractivity contribution in [2.45, 2.75) is 16.9 Å². The van der Waals surface area contributed by atoms with Crippen LogP contribution in [0.25, 0.3) is 0 Å². The first-order chi connectivity index (χ1) is 16.4. The van der Waals surface area contributed by atoms with Gasteiger partial charge in [-0.3, -0.25) is 9.59 Å². The van der Waals surface area contributed by atoms with Gasteiger partial charge in [0.25, 0.3) is 5.91 Å². The smallest absolute Gasteiger partial charge is 0.254 e. The Morgan fingerprint density at radius 1 is 1.03 bits per heavy atom. The second-order valence-electron chi connectivity index (χ2n) is 7.88. The number of hydrogen-bond donors (Lipinski definition) is 1. The Morgan fingerprint density at radius 3 is 2.29 bits per heavy atom.